The molecule has 3 heterocycles. The number of thioether (sulfide) groups is 1. The molecule has 0 spiro atoms. The highest BCUT2D eigenvalue weighted by molar-refractivity contribution is 7.99. The lowest BCUT2D eigenvalue weighted by Gasteiger charge is -2.39. The van der Waals surface area contributed by atoms with Crippen molar-refractivity contribution in [2.24, 2.45) is 0 Å². The van der Waals surface area contributed by atoms with E-state index in [-0.39, 0.29) is 17.3 Å². The summed E-state index contributed by atoms with van der Waals surface area (Å²) in [6, 6.07) is 25.9. The molecule has 2 aliphatic rings. The van der Waals surface area contributed by atoms with Gasteiger partial charge in [0.15, 0.2) is 0 Å². The highest BCUT2D eigenvalue weighted by Crippen LogP contribution is 2.32. The smallest absolute Gasteiger partial charge is 0.238 e. The fourth-order valence-electron chi connectivity index (χ4n) is 5.27. The summed E-state index contributed by atoms with van der Waals surface area (Å²) in [7, 11) is 0. The van der Waals surface area contributed by atoms with Gasteiger partial charge in [0.1, 0.15) is 0 Å². The Kier molecular flexibility index (Phi) is 9.24. The molecule has 2 N–H and O–H groups in total. The van der Waals surface area contributed by atoms with Crippen LogP contribution < -0.4 is 10.6 Å². The molecule has 6 nitrogen and oxygen atoms in total. The first-order valence-electron chi connectivity index (χ1n) is 13.4. The Morgan fingerprint density at radius 1 is 0.946 bits per heavy atom. The zero-order chi connectivity index (χ0) is 25.3. The van der Waals surface area contributed by atoms with E-state index >= 15 is 0 Å². The number of pyridine rings is 1. The van der Waals surface area contributed by atoms with Gasteiger partial charge in [-0.1, -0.05) is 66.7 Å². The summed E-state index contributed by atoms with van der Waals surface area (Å²) < 4.78 is 0. The predicted molar refractivity (Wildman–Crippen MR) is 151 cm³/mol. The Labute approximate surface area is 224 Å². The van der Waals surface area contributed by atoms with Gasteiger partial charge in [0.2, 0.25) is 5.91 Å². The molecule has 7 heteroatoms. The van der Waals surface area contributed by atoms with Crippen molar-refractivity contribution in [3.8, 4) is 0 Å². The zero-order valence-corrected chi connectivity index (χ0v) is 22.2. The molecule has 37 heavy (non-hydrogen) atoms. The topological polar surface area (TPSA) is 60.5 Å². The maximum Gasteiger partial charge on any atom is 0.238 e. The lowest BCUT2D eigenvalue weighted by atomic mass is 9.96. The molecular weight excluding hydrogens is 478 g/mol. The van der Waals surface area contributed by atoms with Crippen molar-refractivity contribution in [3.63, 3.8) is 0 Å². The van der Waals surface area contributed by atoms with E-state index in [4.69, 9.17) is 0 Å². The summed E-state index contributed by atoms with van der Waals surface area (Å²) in [5, 5.41) is 6.71. The average Bonchev–Trinajstić information content (AvgIpc) is 3.46. The number of hydrogen-bond donors (Lipinski definition) is 2. The molecule has 2 atom stereocenters. The fourth-order valence-corrected chi connectivity index (χ4v) is 6.50. The van der Waals surface area contributed by atoms with E-state index in [2.05, 4.69) is 92.1 Å². The Balaban J connectivity index is 1.01. The van der Waals surface area contributed by atoms with Crippen molar-refractivity contribution in [2.75, 3.05) is 45.0 Å². The van der Waals surface area contributed by atoms with Crippen molar-refractivity contribution in [1.82, 2.24) is 25.4 Å². The van der Waals surface area contributed by atoms with Crippen LogP contribution in [0.15, 0.2) is 85.2 Å². The van der Waals surface area contributed by atoms with E-state index in [1.165, 1.54) is 11.1 Å². The normalized spacial score (nSPS) is 20.8. The number of amides is 1. The molecule has 1 aromatic heterocycles. The first-order valence-corrected chi connectivity index (χ1v) is 14.4. The Hall–Kier alpha value is -2.71. The average molecular weight is 516 g/mol. The van der Waals surface area contributed by atoms with Gasteiger partial charge in [-0.15, -0.1) is 11.8 Å². The molecule has 2 saturated heterocycles. The van der Waals surface area contributed by atoms with Crippen molar-refractivity contribution in [2.45, 2.75) is 30.3 Å². The minimum atomic E-state index is -0.134. The van der Waals surface area contributed by atoms with Crippen LogP contribution in [0, 0.1) is 0 Å². The molecule has 5 rings (SSSR count). The van der Waals surface area contributed by atoms with E-state index in [1.807, 2.05) is 12.3 Å². The molecule has 2 unspecified atom stereocenters. The fraction of sp³-hybridized carbons (Fsp3) is 0.400. The minimum absolute atomic E-state index is 0.111. The van der Waals surface area contributed by atoms with Gasteiger partial charge in [0, 0.05) is 50.9 Å². The quantitative estimate of drug-likeness (QED) is 0.397. The molecule has 194 valence electrons. The van der Waals surface area contributed by atoms with Crippen LogP contribution in [-0.4, -0.2) is 71.8 Å². The predicted octanol–water partition coefficient (Wildman–Crippen LogP) is 4.09. The van der Waals surface area contributed by atoms with Crippen molar-refractivity contribution < 1.29 is 4.79 Å². The number of nitrogens with one attached hydrogen (secondary N) is 2. The van der Waals surface area contributed by atoms with E-state index in [0.717, 1.165) is 63.4 Å². The second-order valence-electron chi connectivity index (χ2n) is 9.82. The van der Waals surface area contributed by atoms with E-state index in [0.29, 0.717) is 6.04 Å². The summed E-state index contributed by atoms with van der Waals surface area (Å²) in [6.45, 7) is 6.13. The molecule has 2 aromatic carbocycles. The van der Waals surface area contributed by atoms with Crippen LogP contribution in [0.2, 0.25) is 0 Å². The van der Waals surface area contributed by atoms with Gasteiger partial charge in [-0.05, 0) is 42.1 Å². The number of carbonyl (C=O) groups excluding carboxylic acids is 1. The number of aromatic nitrogens is 1. The summed E-state index contributed by atoms with van der Waals surface area (Å²) in [4.78, 5) is 22.0. The molecule has 1 amide bonds. The number of rotatable bonds is 10. The number of benzene rings is 2. The van der Waals surface area contributed by atoms with Gasteiger partial charge in [0.05, 0.1) is 17.5 Å². The molecule has 2 fully saturated rings. The standard InChI is InChI=1S/C30H37N5OS/c36-29(27-23-37-30(33-27)26-14-9-15-31-22-26)32-16-7-8-17-34-18-20-35(21-19-34)28(24-10-3-1-4-11-24)25-12-5-2-6-13-25/h1-6,9-15,22,27-28,30,33H,7-8,16-21,23H2,(H,32,36). The second-order valence-corrected chi connectivity index (χ2v) is 11.0. The van der Waals surface area contributed by atoms with Gasteiger partial charge in [0.25, 0.3) is 0 Å². The van der Waals surface area contributed by atoms with Crippen LogP contribution in [0.1, 0.15) is 40.9 Å². The van der Waals surface area contributed by atoms with Crippen LogP contribution in [-0.2, 0) is 4.79 Å². The summed E-state index contributed by atoms with van der Waals surface area (Å²) in [6.07, 6.45) is 5.76. The molecular formula is C30H37N5OS. The monoisotopic (exact) mass is 515 g/mol. The van der Waals surface area contributed by atoms with Crippen LogP contribution in [0.3, 0.4) is 0 Å². The van der Waals surface area contributed by atoms with Gasteiger partial charge in [-0.25, -0.2) is 0 Å². The van der Waals surface area contributed by atoms with E-state index in [1.54, 1.807) is 18.0 Å². The highest BCUT2D eigenvalue weighted by Gasteiger charge is 2.30. The summed E-state index contributed by atoms with van der Waals surface area (Å²) in [5.74, 6) is 0.906. The van der Waals surface area contributed by atoms with Gasteiger partial charge >= 0.3 is 0 Å². The molecule has 0 saturated carbocycles. The third kappa shape index (κ3) is 6.99. The van der Waals surface area contributed by atoms with Crippen molar-refractivity contribution >= 4 is 17.7 Å². The van der Waals surface area contributed by atoms with Crippen molar-refractivity contribution in [3.05, 3.63) is 102 Å². The Bertz CT molecular complexity index is 1050. The SMILES string of the molecule is O=C(NCCCCN1CCN(C(c2ccccc2)c2ccccc2)CC1)C1CSC(c2cccnc2)N1. The van der Waals surface area contributed by atoms with E-state index < -0.39 is 0 Å². The van der Waals surface area contributed by atoms with E-state index in [9.17, 15) is 4.79 Å². The zero-order valence-electron chi connectivity index (χ0n) is 21.3. The van der Waals surface area contributed by atoms with Crippen LogP contribution >= 0.6 is 11.8 Å². The summed E-state index contributed by atoms with van der Waals surface area (Å²) in [5.41, 5.74) is 3.85. The lowest BCUT2D eigenvalue weighted by Crippen LogP contribution is -2.48. The largest absolute Gasteiger partial charge is 0.355 e. The van der Waals surface area contributed by atoms with Gasteiger partial charge in [-0.2, -0.15) is 0 Å². The first kappa shape index (κ1) is 25.9. The minimum Gasteiger partial charge on any atom is -0.355 e. The summed E-state index contributed by atoms with van der Waals surface area (Å²) >= 11 is 1.77. The Morgan fingerprint density at radius 3 is 2.30 bits per heavy atom. The maximum atomic E-state index is 12.6. The molecule has 0 radical (unpaired) electrons. The third-order valence-corrected chi connectivity index (χ3v) is 8.56. The highest BCUT2D eigenvalue weighted by atomic mass is 32.2. The molecule has 0 aliphatic carbocycles. The second kappa shape index (κ2) is 13.2. The Morgan fingerprint density at radius 2 is 1.65 bits per heavy atom. The van der Waals surface area contributed by atoms with Crippen LogP contribution in [0.4, 0.5) is 0 Å². The van der Waals surface area contributed by atoms with Crippen LogP contribution in [0.5, 0.6) is 0 Å². The first-order chi connectivity index (χ1) is 18.3. The van der Waals surface area contributed by atoms with Gasteiger partial charge in [-0.3, -0.25) is 20.0 Å². The number of carbonyl (C=O) groups is 1. The number of hydrogen-bond acceptors (Lipinski definition) is 6. The molecule has 0 bridgehead atoms. The lowest BCUT2D eigenvalue weighted by molar-refractivity contribution is -0.122. The van der Waals surface area contributed by atoms with Crippen molar-refractivity contribution in [1.29, 1.82) is 0 Å². The third-order valence-electron chi connectivity index (χ3n) is 7.29. The number of unbranched alkanes of at least 4 members (excludes halogenated alkanes) is 1. The van der Waals surface area contributed by atoms with Crippen LogP contribution in [0.25, 0.3) is 0 Å². The number of piperazine rings is 1. The number of nitrogens with zero attached hydrogens (tertiary/aromatic N) is 3. The maximum absolute atomic E-state index is 12.6. The molecule has 3 aromatic rings. The molecule has 2 aliphatic heterocycles. The van der Waals surface area contributed by atoms with Gasteiger partial charge < -0.3 is 10.2 Å².